The Bertz CT molecular complexity index is 1160. The monoisotopic (exact) mass is 519 g/mol. The Morgan fingerprint density at radius 2 is 1.68 bits per heavy atom. The molecule has 0 radical (unpaired) electrons. The molecule has 0 aliphatic heterocycles. The molecule has 0 aliphatic rings. The number of alkyl carbamates (subject to hydrolysis) is 1. The molecular weight excluding hydrogens is 478 g/mol. The van der Waals surface area contributed by atoms with Crippen molar-refractivity contribution in [2.45, 2.75) is 79.0 Å². The van der Waals surface area contributed by atoms with Crippen LogP contribution in [-0.2, 0) is 14.3 Å². The van der Waals surface area contributed by atoms with E-state index < -0.39 is 23.8 Å². The Hall–Kier alpha value is -3.79. The topological polar surface area (TPSA) is 87.7 Å². The standard InChI is InChI=1S/C31H41N3O4/c1-9-19-34(29(36)26(20-21(3)4)33-30(37)38-31(6,7)8)27(24-17-13-12-16-23(24)10-2)28(35)32-25-18-14-11-15-22(25)5/h2,11-18,21,26-27H,9,19-20H2,1,3-8H3,(H,32,35)(H,33,37). The minimum absolute atomic E-state index is 0.0969. The fourth-order valence-corrected chi connectivity index (χ4v) is 4.18. The van der Waals surface area contributed by atoms with Gasteiger partial charge in [0.2, 0.25) is 5.91 Å². The van der Waals surface area contributed by atoms with Crippen molar-refractivity contribution in [3.63, 3.8) is 0 Å². The lowest BCUT2D eigenvalue weighted by Gasteiger charge is -2.35. The number of terminal acetylenes is 1. The fraction of sp³-hybridized carbons (Fsp3) is 0.452. The second kappa shape index (κ2) is 13.7. The van der Waals surface area contributed by atoms with Gasteiger partial charge in [-0.1, -0.05) is 63.1 Å². The summed E-state index contributed by atoms with van der Waals surface area (Å²) in [6.45, 7) is 13.3. The summed E-state index contributed by atoms with van der Waals surface area (Å²) in [6, 6.07) is 12.7. The number of ether oxygens (including phenoxy) is 1. The van der Waals surface area contributed by atoms with Gasteiger partial charge in [0, 0.05) is 17.8 Å². The molecular formula is C31H41N3O4. The molecule has 0 aliphatic carbocycles. The molecule has 2 unspecified atom stereocenters. The maximum absolute atomic E-state index is 14.1. The summed E-state index contributed by atoms with van der Waals surface area (Å²) in [4.78, 5) is 42.3. The Morgan fingerprint density at radius 3 is 2.26 bits per heavy atom. The zero-order valence-corrected chi connectivity index (χ0v) is 23.6. The number of hydrogen-bond acceptors (Lipinski definition) is 4. The molecule has 0 spiro atoms. The van der Waals surface area contributed by atoms with Crippen LogP contribution >= 0.6 is 0 Å². The smallest absolute Gasteiger partial charge is 0.408 e. The molecule has 2 N–H and O–H groups in total. The van der Waals surface area contributed by atoms with Gasteiger partial charge in [-0.2, -0.15) is 0 Å². The second-order valence-corrected chi connectivity index (χ2v) is 10.8. The van der Waals surface area contributed by atoms with Crippen molar-refractivity contribution in [2.24, 2.45) is 5.92 Å². The summed E-state index contributed by atoms with van der Waals surface area (Å²) in [6.07, 6.45) is 6.10. The van der Waals surface area contributed by atoms with Crippen LogP contribution in [0.4, 0.5) is 10.5 Å². The third kappa shape index (κ3) is 8.65. The number of hydrogen-bond donors (Lipinski definition) is 2. The second-order valence-electron chi connectivity index (χ2n) is 10.8. The van der Waals surface area contributed by atoms with Crippen molar-refractivity contribution in [1.82, 2.24) is 10.2 Å². The first-order chi connectivity index (χ1) is 17.9. The van der Waals surface area contributed by atoms with Crippen molar-refractivity contribution < 1.29 is 19.1 Å². The highest BCUT2D eigenvalue weighted by Crippen LogP contribution is 2.28. The van der Waals surface area contributed by atoms with Crippen molar-refractivity contribution in [1.29, 1.82) is 0 Å². The summed E-state index contributed by atoms with van der Waals surface area (Å²) >= 11 is 0. The quantitative estimate of drug-likeness (QED) is 0.387. The van der Waals surface area contributed by atoms with E-state index in [4.69, 9.17) is 11.2 Å². The van der Waals surface area contributed by atoms with Gasteiger partial charge in [-0.25, -0.2) is 4.79 Å². The molecule has 7 heteroatoms. The number of rotatable bonds is 10. The first kappa shape index (κ1) is 30.4. The molecule has 2 atom stereocenters. The molecule has 2 aromatic rings. The Labute approximate surface area is 227 Å². The minimum Gasteiger partial charge on any atom is -0.444 e. The van der Waals surface area contributed by atoms with E-state index in [2.05, 4.69) is 16.6 Å². The van der Waals surface area contributed by atoms with E-state index in [1.807, 2.05) is 52.0 Å². The van der Waals surface area contributed by atoms with E-state index in [0.717, 1.165) is 5.56 Å². The number of anilines is 1. The van der Waals surface area contributed by atoms with Crippen molar-refractivity contribution in [3.05, 3.63) is 65.2 Å². The van der Waals surface area contributed by atoms with Crippen LogP contribution in [0.2, 0.25) is 0 Å². The van der Waals surface area contributed by atoms with E-state index in [-0.39, 0.29) is 24.3 Å². The lowest BCUT2D eigenvalue weighted by Crippen LogP contribution is -2.53. The molecule has 0 fully saturated rings. The molecule has 0 aromatic heterocycles. The highest BCUT2D eigenvalue weighted by molar-refractivity contribution is 5.99. The summed E-state index contributed by atoms with van der Waals surface area (Å²) < 4.78 is 5.43. The van der Waals surface area contributed by atoms with Gasteiger partial charge in [-0.05, 0) is 69.7 Å². The lowest BCUT2D eigenvalue weighted by atomic mass is 9.96. The Morgan fingerprint density at radius 1 is 1.05 bits per heavy atom. The van der Waals surface area contributed by atoms with Gasteiger partial charge in [-0.15, -0.1) is 6.42 Å². The molecule has 0 saturated heterocycles. The number of benzene rings is 2. The van der Waals surface area contributed by atoms with Crippen molar-refractivity contribution >= 4 is 23.6 Å². The molecule has 3 amide bonds. The summed E-state index contributed by atoms with van der Waals surface area (Å²) in [7, 11) is 0. The van der Waals surface area contributed by atoms with E-state index >= 15 is 0 Å². The van der Waals surface area contributed by atoms with Crippen LogP contribution in [0.15, 0.2) is 48.5 Å². The highest BCUT2D eigenvalue weighted by atomic mass is 16.6. The number of amides is 3. The molecule has 0 heterocycles. The van der Waals surface area contributed by atoms with E-state index in [1.165, 1.54) is 4.90 Å². The summed E-state index contributed by atoms with van der Waals surface area (Å²) in [5.74, 6) is 1.99. The average Bonchev–Trinajstić information content (AvgIpc) is 2.83. The first-order valence-corrected chi connectivity index (χ1v) is 13.1. The van der Waals surface area contributed by atoms with Gasteiger partial charge in [0.15, 0.2) is 0 Å². The third-order valence-electron chi connectivity index (χ3n) is 5.82. The van der Waals surface area contributed by atoms with Gasteiger partial charge < -0.3 is 20.3 Å². The molecule has 7 nitrogen and oxygen atoms in total. The van der Waals surface area contributed by atoms with Crippen LogP contribution in [0.3, 0.4) is 0 Å². The number of aryl methyl sites for hydroxylation is 1. The highest BCUT2D eigenvalue weighted by Gasteiger charge is 2.37. The van der Waals surface area contributed by atoms with Gasteiger partial charge in [-0.3, -0.25) is 9.59 Å². The normalized spacial score (nSPS) is 12.7. The number of para-hydroxylation sites is 1. The number of carbonyl (C=O) groups is 3. The van der Waals surface area contributed by atoms with E-state index in [1.54, 1.807) is 45.0 Å². The van der Waals surface area contributed by atoms with E-state index in [9.17, 15) is 14.4 Å². The number of carbonyl (C=O) groups excluding carboxylic acids is 3. The molecule has 38 heavy (non-hydrogen) atoms. The molecule has 0 saturated carbocycles. The van der Waals surface area contributed by atoms with E-state index in [0.29, 0.717) is 29.7 Å². The Kier molecular flexibility index (Phi) is 10.9. The predicted molar refractivity (Wildman–Crippen MR) is 152 cm³/mol. The largest absolute Gasteiger partial charge is 0.444 e. The minimum atomic E-state index is -1.01. The van der Waals surface area contributed by atoms with Crippen LogP contribution in [0, 0.1) is 25.2 Å². The molecule has 2 aromatic carbocycles. The average molecular weight is 520 g/mol. The molecule has 2 rings (SSSR count). The number of nitrogens with one attached hydrogen (secondary N) is 2. The molecule has 0 bridgehead atoms. The maximum Gasteiger partial charge on any atom is 0.408 e. The maximum atomic E-state index is 14.1. The van der Waals surface area contributed by atoms with Crippen LogP contribution < -0.4 is 10.6 Å². The van der Waals surface area contributed by atoms with Crippen LogP contribution in [0.25, 0.3) is 0 Å². The van der Waals surface area contributed by atoms with Crippen molar-refractivity contribution in [3.8, 4) is 12.3 Å². The van der Waals surface area contributed by atoms with Crippen LogP contribution in [0.1, 0.15) is 77.1 Å². The predicted octanol–water partition coefficient (Wildman–Crippen LogP) is 5.83. The van der Waals surface area contributed by atoms with Gasteiger partial charge >= 0.3 is 6.09 Å². The van der Waals surface area contributed by atoms with Gasteiger partial charge in [0.25, 0.3) is 5.91 Å². The SMILES string of the molecule is C#Cc1ccccc1C(C(=O)Nc1ccccc1C)N(CCC)C(=O)C(CC(C)C)NC(=O)OC(C)(C)C. The fourth-order valence-electron chi connectivity index (χ4n) is 4.18. The third-order valence-corrected chi connectivity index (χ3v) is 5.82. The Balaban J connectivity index is 2.57. The number of nitrogens with zero attached hydrogens (tertiary/aromatic N) is 1. The zero-order valence-electron chi connectivity index (χ0n) is 23.6. The first-order valence-electron chi connectivity index (χ1n) is 13.1. The summed E-state index contributed by atoms with van der Waals surface area (Å²) in [5, 5.41) is 5.74. The van der Waals surface area contributed by atoms with Crippen LogP contribution in [0.5, 0.6) is 0 Å². The van der Waals surface area contributed by atoms with Crippen molar-refractivity contribution in [2.75, 3.05) is 11.9 Å². The van der Waals surface area contributed by atoms with Crippen LogP contribution in [-0.4, -0.2) is 41.0 Å². The summed E-state index contributed by atoms with van der Waals surface area (Å²) in [5.41, 5.74) is 1.88. The zero-order chi connectivity index (χ0) is 28.5. The molecule has 204 valence electrons. The lowest BCUT2D eigenvalue weighted by molar-refractivity contribution is -0.141. The van der Waals surface area contributed by atoms with Gasteiger partial charge in [0.05, 0.1) is 0 Å². The van der Waals surface area contributed by atoms with Gasteiger partial charge in [0.1, 0.15) is 17.7 Å².